The maximum atomic E-state index is 11.6. The molecule has 7 heteroatoms. The Hall–Kier alpha value is -0.660. The lowest BCUT2D eigenvalue weighted by molar-refractivity contribution is -0.347. The topological polar surface area (TPSA) is 31.4 Å². The molecule has 0 aliphatic rings. The molecule has 0 aliphatic carbocycles. The van der Waals surface area contributed by atoms with Gasteiger partial charge in [-0.15, -0.1) is 0 Å². The molecular weight excluding hydrogens is 279 g/mol. The summed E-state index contributed by atoms with van der Waals surface area (Å²) in [4.78, 5) is 12.2. The fourth-order valence-corrected chi connectivity index (χ4v) is 0.937. The minimum absolute atomic E-state index is 0.122. The molecule has 0 aromatic carbocycles. The molecule has 0 bridgehead atoms. The van der Waals surface area contributed by atoms with Crippen molar-refractivity contribution in [2.45, 2.75) is 12.8 Å². The molecule has 1 rings (SSSR count). The zero-order valence-corrected chi connectivity index (χ0v) is 9.01. The number of alkyl halides is 3. The van der Waals surface area contributed by atoms with Gasteiger partial charge in [-0.25, -0.2) is 9.78 Å². The van der Waals surface area contributed by atoms with Gasteiger partial charge in [0.2, 0.25) is 0 Å². The average molecular weight is 286 g/mol. The van der Waals surface area contributed by atoms with Crippen molar-refractivity contribution >= 4 is 15.9 Å². The fourth-order valence-electron chi connectivity index (χ4n) is 0.702. The van der Waals surface area contributed by atoms with E-state index in [1.165, 1.54) is 6.20 Å². The van der Waals surface area contributed by atoms with Gasteiger partial charge < -0.3 is 0 Å². The van der Waals surface area contributed by atoms with Crippen LogP contribution in [0.25, 0.3) is 0 Å². The van der Waals surface area contributed by atoms with Crippen molar-refractivity contribution in [2.24, 2.45) is 0 Å². The minimum atomic E-state index is -4.38. The van der Waals surface area contributed by atoms with E-state index in [4.69, 9.17) is 0 Å². The third-order valence-electron chi connectivity index (χ3n) is 1.30. The van der Waals surface area contributed by atoms with Crippen molar-refractivity contribution in [1.82, 2.24) is 4.98 Å². The Morgan fingerprint density at radius 3 is 2.53 bits per heavy atom. The van der Waals surface area contributed by atoms with Crippen LogP contribution in [-0.2, 0) is 16.4 Å². The molecule has 3 nitrogen and oxygen atoms in total. The lowest BCUT2D eigenvalue weighted by Gasteiger charge is -2.06. The van der Waals surface area contributed by atoms with Gasteiger partial charge in [0.15, 0.2) is 6.61 Å². The van der Waals surface area contributed by atoms with Crippen LogP contribution in [0.2, 0.25) is 0 Å². The molecule has 84 valence electrons. The monoisotopic (exact) mass is 285 g/mol. The molecule has 0 atom stereocenters. The minimum Gasteiger partial charge on any atom is -0.258 e. The van der Waals surface area contributed by atoms with Crippen LogP contribution < -0.4 is 0 Å². The van der Waals surface area contributed by atoms with Gasteiger partial charge in [0.1, 0.15) is 6.61 Å². The van der Waals surface area contributed by atoms with Crippen molar-refractivity contribution in [1.29, 1.82) is 0 Å². The van der Waals surface area contributed by atoms with Crippen molar-refractivity contribution < 1.29 is 22.9 Å². The molecule has 1 heterocycles. The third-order valence-corrected chi connectivity index (χ3v) is 1.77. The van der Waals surface area contributed by atoms with Crippen LogP contribution in [0.15, 0.2) is 22.8 Å². The summed E-state index contributed by atoms with van der Waals surface area (Å²) in [5.74, 6) is 0. The van der Waals surface area contributed by atoms with Crippen molar-refractivity contribution in [2.75, 3.05) is 6.61 Å². The highest BCUT2D eigenvalue weighted by molar-refractivity contribution is 9.10. The summed E-state index contributed by atoms with van der Waals surface area (Å²) in [6.45, 7) is -1.55. The van der Waals surface area contributed by atoms with Gasteiger partial charge in [-0.1, -0.05) is 0 Å². The fraction of sp³-hybridized carbons (Fsp3) is 0.375. The zero-order chi connectivity index (χ0) is 11.3. The van der Waals surface area contributed by atoms with E-state index >= 15 is 0 Å². The first-order chi connectivity index (χ1) is 6.97. The summed E-state index contributed by atoms with van der Waals surface area (Å²) >= 11 is 3.17. The van der Waals surface area contributed by atoms with E-state index in [9.17, 15) is 13.2 Å². The second kappa shape index (κ2) is 5.43. The highest BCUT2D eigenvalue weighted by atomic mass is 79.9. The first-order valence-electron chi connectivity index (χ1n) is 3.89. The molecule has 0 radical (unpaired) electrons. The van der Waals surface area contributed by atoms with Gasteiger partial charge in [-0.3, -0.25) is 4.98 Å². The van der Waals surface area contributed by atoms with Crippen LogP contribution in [0.4, 0.5) is 13.2 Å². The lowest BCUT2D eigenvalue weighted by atomic mass is 10.4. The van der Waals surface area contributed by atoms with Gasteiger partial charge in [-0.05, 0) is 28.1 Å². The molecule has 1 aromatic heterocycles. The SMILES string of the molecule is FC(F)(F)COOCc1ccc(Br)cn1. The molecule has 0 unspecified atom stereocenters. The Labute approximate surface area is 92.3 Å². The number of aromatic nitrogens is 1. The van der Waals surface area contributed by atoms with Crippen molar-refractivity contribution in [3.63, 3.8) is 0 Å². The van der Waals surface area contributed by atoms with E-state index in [0.717, 1.165) is 4.47 Å². The molecular formula is C8H7BrF3NO2. The van der Waals surface area contributed by atoms with Crippen LogP contribution in [0.3, 0.4) is 0 Å². The van der Waals surface area contributed by atoms with Crippen LogP contribution in [-0.4, -0.2) is 17.8 Å². The predicted molar refractivity (Wildman–Crippen MR) is 48.7 cm³/mol. The molecule has 15 heavy (non-hydrogen) atoms. The molecule has 0 fully saturated rings. The van der Waals surface area contributed by atoms with Crippen molar-refractivity contribution in [3.05, 3.63) is 28.5 Å². The second-order valence-corrected chi connectivity index (χ2v) is 3.52. The Bertz CT molecular complexity index is 302. The van der Waals surface area contributed by atoms with Crippen LogP contribution in [0.1, 0.15) is 5.69 Å². The summed E-state index contributed by atoms with van der Waals surface area (Å²) in [6, 6.07) is 3.32. The maximum Gasteiger partial charge on any atom is 0.414 e. The average Bonchev–Trinajstić information content (AvgIpc) is 2.14. The summed E-state index contributed by atoms with van der Waals surface area (Å²) in [5.41, 5.74) is 0.486. The predicted octanol–water partition coefficient (Wildman–Crippen LogP) is 2.85. The molecule has 0 aliphatic heterocycles. The summed E-state index contributed by atoms with van der Waals surface area (Å²) in [6.07, 6.45) is -2.87. The van der Waals surface area contributed by atoms with E-state index in [1.54, 1.807) is 12.1 Å². The van der Waals surface area contributed by atoms with Crippen molar-refractivity contribution in [3.8, 4) is 0 Å². The number of hydrogen-bond acceptors (Lipinski definition) is 3. The maximum absolute atomic E-state index is 11.6. The largest absolute Gasteiger partial charge is 0.414 e. The van der Waals surface area contributed by atoms with E-state index in [-0.39, 0.29) is 6.61 Å². The Kier molecular flexibility index (Phi) is 4.49. The summed E-state index contributed by atoms with van der Waals surface area (Å²) in [7, 11) is 0. The molecule has 0 N–H and O–H groups in total. The summed E-state index contributed by atoms with van der Waals surface area (Å²) < 4.78 is 35.6. The smallest absolute Gasteiger partial charge is 0.258 e. The quantitative estimate of drug-likeness (QED) is 0.484. The van der Waals surface area contributed by atoms with Gasteiger partial charge >= 0.3 is 6.18 Å². The Morgan fingerprint density at radius 1 is 1.27 bits per heavy atom. The molecule has 1 aromatic rings. The number of halogens is 4. The van der Waals surface area contributed by atoms with E-state index < -0.39 is 12.8 Å². The van der Waals surface area contributed by atoms with Gasteiger partial charge in [0, 0.05) is 10.7 Å². The highest BCUT2D eigenvalue weighted by Gasteiger charge is 2.28. The van der Waals surface area contributed by atoms with E-state index in [1.807, 2.05) is 0 Å². The number of nitrogens with zero attached hydrogens (tertiary/aromatic N) is 1. The molecule has 0 amide bonds. The molecule has 0 spiro atoms. The number of hydrogen-bond donors (Lipinski definition) is 0. The number of pyridine rings is 1. The van der Waals surface area contributed by atoms with E-state index in [0.29, 0.717) is 5.69 Å². The number of rotatable bonds is 4. The lowest BCUT2D eigenvalue weighted by Crippen LogP contribution is -2.17. The van der Waals surface area contributed by atoms with Crippen LogP contribution >= 0.6 is 15.9 Å². The van der Waals surface area contributed by atoms with Crippen LogP contribution in [0.5, 0.6) is 0 Å². The Morgan fingerprint density at radius 2 is 2.00 bits per heavy atom. The zero-order valence-electron chi connectivity index (χ0n) is 7.42. The summed E-state index contributed by atoms with van der Waals surface area (Å²) in [5, 5.41) is 0. The second-order valence-electron chi connectivity index (χ2n) is 2.61. The third kappa shape index (κ3) is 5.71. The normalized spacial score (nSPS) is 11.7. The standard InChI is InChI=1S/C8H7BrF3NO2/c9-6-1-2-7(13-3-6)4-14-15-5-8(10,11)12/h1-3H,4-5H2. The first kappa shape index (κ1) is 12.4. The molecule has 0 saturated heterocycles. The van der Waals surface area contributed by atoms with Gasteiger partial charge in [-0.2, -0.15) is 13.2 Å². The molecule has 0 saturated carbocycles. The first-order valence-corrected chi connectivity index (χ1v) is 4.68. The Balaban J connectivity index is 2.23. The van der Waals surface area contributed by atoms with Gasteiger partial charge in [0.25, 0.3) is 0 Å². The van der Waals surface area contributed by atoms with Crippen LogP contribution in [0, 0.1) is 0 Å². The highest BCUT2D eigenvalue weighted by Crippen LogP contribution is 2.15. The van der Waals surface area contributed by atoms with E-state index in [2.05, 4.69) is 30.7 Å². The van der Waals surface area contributed by atoms with Gasteiger partial charge in [0.05, 0.1) is 5.69 Å².